The fourth-order valence-corrected chi connectivity index (χ4v) is 3.26. The monoisotopic (exact) mass is 432 g/mol. The van der Waals surface area contributed by atoms with Gasteiger partial charge in [0.1, 0.15) is 11.4 Å². The first-order chi connectivity index (χ1) is 14.0. The number of alkyl halides is 5. The zero-order valence-electron chi connectivity index (χ0n) is 15.7. The highest BCUT2D eigenvalue weighted by Gasteiger charge is 2.44. The molecular weight excluding hydrogens is 415 g/mol. The molecule has 3 rings (SSSR count). The van der Waals surface area contributed by atoms with Gasteiger partial charge < -0.3 is 15.4 Å². The van der Waals surface area contributed by atoms with Gasteiger partial charge in [-0.2, -0.15) is 27.1 Å². The molecule has 0 aliphatic carbocycles. The number of esters is 1. The van der Waals surface area contributed by atoms with Gasteiger partial charge in [-0.25, -0.2) is 9.48 Å². The summed E-state index contributed by atoms with van der Waals surface area (Å²) in [4.78, 5) is 24.6. The molecule has 1 amide bonds. The molecule has 1 aliphatic heterocycles. The average Bonchev–Trinajstić information content (AvgIpc) is 3.22. The van der Waals surface area contributed by atoms with E-state index >= 15 is 0 Å². The van der Waals surface area contributed by atoms with Crippen LogP contribution in [-0.4, -0.2) is 34.8 Å². The second kappa shape index (κ2) is 7.58. The summed E-state index contributed by atoms with van der Waals surface area (Å²) in [7, 11) is 0. The number of anilines is 1. The Morgan fingerprint density at radius 2 is 1.90 bits per heavy atom. The maximum Gasteiger partial charge on any atom is 0.436 e. The Morgan fingerprint density at radius 1 is 1.20 bits per heavy atom. The molecule has 0 atom stereocenters. The maximum absolute atomic E-state index is 14.3. The minimum Gasteiger partial charge on any atom is -0.461 e. The third-order valence-electron chi connectivity index (χ3n) is 4.52. The predicted molar refractivity (Wildman–Crippen MR) is 93.8 cm³/mol. The van der Waals surface area contributed by atoms with Gasteiger partial charge in [0.15, 0.2) is 5.69 Å². The molecule has 0 saturated carbocycles. The Balaban J connectivity index is 1.93. The van der Waals surface area contributed by atoms with Crippen LogP contribution in [0.4, 0.5) is 27.8 Å². The lowest BCUT2D eigenvalue weighted by molar-refractivity contribution is -0.173. The van der Waals surface area contributed by atoms with Crippen molar-refractivity contribution in [3.63, 3.8) is 0 Å². The molecule has 0 saturated heterocycles. The van der Waals surface area contributed by atoms with Gasteiger partial charge >= 0.3 is 18.1 Å². The third kappa shape index (κ3) is 3.81. The summed E-state index contributed by atoms with van der Waals surface area (Å²) in [6.07, 6.45) is -4.88. The summed E-state index contributed by atoms with van der Waals surface area (Å²) in [5, 5.41) is 3.44. The van der Waals surface area contributed by atoms with E-state index in [1.165, 1.54) is 24.0 Å². The molecular formula is C18H17F5N4O3. The number of carbonyl (C=O) groups is 2. The van der Waals surface area contributed by atoms with Crippen molar-refractivity contribution in [1.82, 2.24) is 9.78 Å². The van der Waals surface area contributed by atoms with Crippen molar-refractivity contribution in [2.24, 2.45) is 5.73 Å². The summed E-state index contributed by atoms with van der Waals surface area (Å²) in [5.74, 6) is -7.01. The SMILES string of the molecule is CCOC(=O)C(F)(F)c1cccc(CN2CCn3nc(C(F)(F)F)c(C(N)=O)c32)c1. The summed E-state index contributed by atoms with van der Waals surface area (Å²) >= 11 is 0. The summed E-state index contributed by atoms with van der Waals surface area (Å²) < 4.78 is 73.6. The Kier molecular flexibility index (Phi) is 5.44. The molecule has 0 fully saturated rings. The lowest BCUT2D eigenvalue weighted by atomic mass is 10.0. The number of hydrogen-bond donors (Lipinski definition) is 1. The highest BCUT2D eigenvalue weighted by atomic mass is 19.4. The van der Waals surface area contributed by atoms with Crippen LogP contribution in [0, 0.1) is 0 Å². The van der Waals surface area contributed by atoms with E-state index in [9.17, 15) is 31.5 Å². The highest BCUT2D eigenvalue weighted by molar-refractivity contribution is 5.99. The Morgan fingerprint density at radius 3 is 2.50 bits per heavy atom. The van der Waals surface area contributed by atoms with Gasteiger partial charge in [0.05, 0.1) is 13.2 Å². The second-order valence-corrected chi connectivity index (χ2v) is 6.55. The van der Waals surface area contributed by atoms with Crippen LogP contribution in [0.25, 0.3) is 0 Å². The van der Waals surface area contributed by atoms with Crippen LogP contribution >= 0.6 is 0 Å². The van der Waals surface area contributed by atoms with Crippen LogP contribution in [0.2, 0.25) is 0 Å². The topological polar surface area (TPSA) is 90.4 Å². The molecule has 2 N–H and O–H groups in total. The number of rotatable bonds is 6. The number of primary amides is 1. The molecule has 2 heterocycles. The van der Waals surface area contributed by atoms with E-state index < -0.39 is 40.8 Å². The van der Waals surface area contributed by atoms with Crippen molar-refractivity contribution < 1.29 is 36.3 Å². The van der Waals surface area contributed by atoms with E-state index in [4.69, 9.17) is 5.73 Å². The largest absolute Gasteiger partial charge is 0.461 e. The molecule has 30 heavy (non-hydrogen) atoms. The van der Waals surface area contributed by atoms with Gasteiger partial charge in [-0.1, -0.05) is 18.2 Å². The highest BCUT2D eigenvalue weighted by Crippen LogP contribution is 2.38. The number of nitrogens with two attached hydrogens (primary N) is 1. The van der Waals surface area contributed by atoms with Crippen LogP contribution in [-0.2, 0) is 34.7 Å². The molecule has 162 valence electrons. The van der Waals surface area contributed by atoms with Crippen molar-refractivity contribution in [2.75, 3.05) is 18.1 Å². The first kappa shape index (κ1) is 21.5. The van der Waals surface area contributed by atoms with Crippen molar-refractivity contribution in [3.05, 3.63) is 46.6 Å². The summed E-state index contributed by atoms with van der Waals surface area (Å²) in [6, 6.07) is 4.87. The predicted octanol–water partition coefficient (Wildman–Crippen LogP) is 2.68. The van der Waals surface area contributed by atoms with Crippen LogP contribution < -0.4 is 10.6 Å². The molecule has 1 aromatic carbocycles. The van der Waals surface area contributed by atoms with Gasteiger partial charge in [-0.15, -0.1) is 0 Å². The first-order valence-corrected chi connectivity index (χ1v) is 8.84. The van der Waals surface area contributed by atoms with E-state index in [0.717, 1.165) is 16.8 Å². The van der Waals surface area contributed by atoms with E-state index in [-0.39, 0.29) is 37.6 Å². The smallest absolute Gasteiger partial charge is 0.436 e. The first-order valence-electron chi connectivity index (χ1n) is 8.84. The summed E-state index contributed by atoms with van der Waals surface area (Å²) in [6.45, 7) is 1.33. The second-order valence-electron chi connectivity index (χ2n) is 6.55. The number of amides is 1. The molecule has 0 spiro atoms. The van der Waals surface area contributed by atoms with Gasteiger partial charge in [-0.3, -0.25) is 4.79 Å². The Bertz CT molecular complexity index is 987. The fourth-order valence-electron chi connectivity index (χ4n) is 3.26. The standard InChI is InChI=1S/C18H17F5N4O3/c1-2-30-16(29)17(19,20)11-5-3-4-10(8-11)9-26-6-7-27-15(26)12(14(24)28)13(25-27)18(21,22)23/h3-5,8H,2,6-7,9H2,1H3,(H2,24,28). The molecule has 7 nitrogen and oxygen atoms in total. The third-order valence-corrected chi connectivity index (χ3v) is 4.52. The van der Waals surface area contributed by atoms with Crippen LogP contribution in [0.5, 0.6) is 0 Å². The quantitative estimate of drug-likeness (QED) is 0.560. The number of benzene rings is 1. The van der Waals surface area contributed by atoms with Crippen molar-refractivity contribution >= 4 is 17.7 Å². The minimum absolute atomic E-state index is 0.0599. The van der Waals surface area contributed by atoms with Crippen LogP contribution in [0.15, 0.2) is 24.3 Å². The number of ether oxygens (including phenoxy) is 1. The number of hydrogen-bond acceptors (Lipinski definition) is 5. The maximum atomic E-state index is 14.3. The van der Waals surface area contributed by atoms with E-state index in [1.807, 2.05) is 0 Å². The molecule has 2 aromatic rings. The van der Waals surface area contributed by atoms with Crippen LogP contribution in [0.1, 0.15) is 34.1 Å². The number of nitrogens with zero attached hydrogens (tertiary/aromatic N) is 3. The van der Waals surface area contributed by atoms with Gasteiger partial charge in [0, 0.05) is 18.7 Å². The lowest BCUT2D eigenvalue weighted by Gasteiger charge is -2.20. The molecule has 0 bridgehead atoms. The van der Waals surface area contributed by atoms with E-state index in [1.54, 1.807) is 0 Å². The fraction of sp³-hybridized carbons (Fsp3) is 0.389. The average molecular weight is 432 g/mol. The minimum atomic E-state index is -4.88. The van der Waals surface area contributed by atoms with Crippen molar-refractivity contribution in [3.8, 4) is 0 Å². The lowest BCUT2D eigenvalue weighted by Crippen LogP contribution is -2.29. The number of carbonyl (C=O) groups excluding carboxylic acids is 2. The molecule has 12 heteroatoms. The summed E-state index contributed by atoms with van der Waals surface area (Å²) in [5.41, 5.74) is 2.67. The number of fused-ring (bicyclic) bond motifs is 1. The molecule has 0 unspecified atom stereocenters. The van der Waals surface area contributed by atoms with Gasteiger partial charge in [-0.05, 0) is 18.6 Å². The zero-order valence-corrected chi connectivity index (χ0v) is 15.7. The molecule has 1 aliphatic rings. The molecule has 1 aromatic heterocycles. The van der Waals surface area contributed by atoms with Crippen LogP contribution in [0.3, 0.4) is 0 Å². The Hall–Kier alpha value is -3.18. The van der Waals surface area contributed by atoms with E-state index in [2.05, 4.69) is 9.84 Å². The van der Waals surface area contributed by atoms with Gasteiger partial charge in [0.2, 0.25) is 0 Å². The van der Waals surface area contributed by atoms with Crippen molar-refractivity contribution in [2.45, 2.75) is 32.1 Å². The number of aromatic nitrogens is 2. The molecule has 0 radical (unpaired) electrons. The van der Waals surface area contributed by atoms with Gasteiger partial charge in [0.25, 0.3) is 5.91 Å². The zero-order chi connectivity index (χ0) is 22.3. The Labute approximate surface area is 167 Å². The number of halogens is 5. The van der Waals surface area contributed by atoms with E-state index in [0.29, 0.717) is 0 Å². The normalized spacial score (nSPS) is 14.0. The van der Waals surface area contributed by atoms with Crippen molar-refractivity contribution in [1.29, 1.82) is 0 Å².